The van der Waals surface area contributed by atoms with Crippen molar-refractivity contribution in [2.45, 2.75) is 46.1 Å². The van der Waals surface area contributed by atoms with Crippen LogP contribution in [-0.4, -0.2) is 23.0 Å². The molecule has 0 saturated carbocycles. The summed E-state index contributed by atoms with van der Waals surface area (Å²) in [6, 6.07) is 2.28. The number of piperidine rings is 1. The lowest BCUT2D eigenvalue weighted by atomic mass is 10.0. The highest BCUT2D eigenvalue weighted by Gasteiger charge is 2.18. The largest absolute Gasteiger partial charge is 0.296 e. The fourth-order valence-electron chi connectivity index (χ4n) is 2.58. The van der Waals surface area contributed by atoms with Gasteiger partial charge in [0.2, 0.25) is 0 Å². The summed E-state index contributed by atoms with van der Waals surface area (Å²) >= 11 is 1.58. The molecule has 18 heavy (non-hydrogen) atoms. The van der Waals surface area contributed by atoms with Gasteiger partial charge in [0.15, 0.2) is 0 Å². The van der Waals surface area contributed by atoms with Crippen molar-refractivity contribution in [2.24, 2.45) is 5.92 Å². The summed E-state index contributed by atoms with van der Waals surface area (Å²) in [4.78, 5) is 7.94. The number of aryl methyl sites for hydroxylation is 1. The molecule has 0 amide bonds. The van der Waals surface area contributed by atoms with E-state index in [4.69, 9.17) is 5.26 Å². The van der Waals surface area contributed by atoms with Gasteiger partial charge in [-0.15, -0.1) is 11.3 Å². The number of hydrogen-bond donors (Lipinski definition) is 0. The van der Waals surface area contributed by atoms with Crippen LogP contribution in [0.15, 0.2) is 0 Å². The molecule has 1 unspecified atom stereocenters. The summed E-state index contributed by atoms with van der Waals surface area (Å²) in [5.41, 5.74) is 1.00. The number of nitriles is 1. The van der Waals surface area contributed by atoms with E-state index in [-0.39, 0.29) is 0 Å². The fraction of sp³-hybridized carbons (Fsp3) is 0.714. The number of thiazole rings is 1. The summed E-state index contributed by atoms with van der Waals surface area (Å²) in [6.45, 7) is 7.72. The fourth-order valence-corrected chi connectivity index (χ4v) is 3.53. The smallest absolute Gasteiger partial charge is 0.128 e. The van der Waals surface area contributed by atoms with E-state index in [0.29, 0.717) is 0 Å². The van der Waals surface area contributed by atoms with Gasteiger partial charge in [0, 0.05) is 6.54 Å². The van der Waals surface area contributed by atoms with Gasteiger partial charge >= 0.3 is 0 Å². The van der Waals surface area contributed by atoms with E-state index < -0.39 is 0 Å². The van der Waals surface area contributed by atoms with Crippen LogP contribution in [0.1, 0.15) is 48.7 Å². The molecule has 0 aromatic carbocycles. The average Bonchev–Trinajstić information content (AvgIpc) is 2.72. The first-order chi connectivity index (χ1) is 8.72. The molecule has 1 aliphatic heterocycles. The van der Waals surface area contributed by atoms with Crippen LogP contribution in [0.2, 0.25) is 0 Å². The van der Waals surface area contributed by atoms with E-state index in [1.165, 1.54) is 25.9 Å². The van der Waals surface area contributed by atoms with Crippen LogP contribution < -0.4 is 0 Å². The second-order valence-electron chi connectivity index (χ2n) is 5.23. The number of aromatic nitrogens is 1. The molecule has 1 aliphatic rings. The molecule has 4 heteroatoms. The Hall–Kier alpha value is -0.920. The molecule has 1 aromatic rings. The Balaban J connectivity index is 2.03. The Morgan fingerprint density at radius 3 is 3.06 bits per heavy atom. The summed E-state index contributed by atoms with van der Waals surface area (Å²) in [6.07, 6.45) is 4.62. The van der Waals surface area contributed by atoms with Crippen LogP contribution in [0.4, 0.5) is 0 Å². The predicted octanol–water partition coefficient (Wildman–Crippen LogP) is 3.20. The molecule has 0 radical (unpaired) electrons. The Morgan fingerprint density at radius 1 is 1.56 bits per heavy atom. The SMILES string of the molecule is CCCc1nc(CN2CCCC(C)C2)sc1C#N. The quantitative estimate of drug-likeness (QED) is 0.837. The van der Waals surface area contributed by atoms with Crippen LogP contribution in [0.5, 0.6) is 0 Å². The van der Waals surface area contributed by atoms with Crippen molar-refractivity contribution in [3.63, 3.8) is 0 Å². The van der Waals surface area contributed by atoms with E-state index in [1.807, 2.05) is 0 Å². The third kappa shape index (κ3) is 3.30. The van der Waals surface area contributed by atoms with Gasteiger partial charge in [0.25, 0.3) is 0 Å². The van der Waals surface area contributed by atoms with Crippen molar-refractivity contribution >= 4 is 11.3 Å². The van der Waals surface area contributed by atoms with Crippen molar-refractivity contribution in [3.05, 3.63) is 15.6 Å². The zero-order valence-corrected chi connectivity index (χ0v) is 12.1. The third-order valence-corrected chi connectivity index (χ3v) is 4.42. The van der Waals surface area contributed by atoms with Gasteiger partial charge in [-0.2, -0.15) is 5.26 Å². The molecule has 0 aliphatic carbocycles. The third-order valence-electron chi connectivity index (χ3n) is 3.43. The monoisotopic (exact) mass is 263 g/mol. The highest BCUT2D eigenvalue weighted by Crippen LogP contribution is 2.23. The van der Waals surface area contributed by atoms with Gasteiger partial charge in [0.05, 0.1) is 12.2 Å². The van der Waals surface area contributed by atoms with Gasteiger partial charge in [-0.05, 0) is 31.7 Å². The minimum absolute atomic E-state index is 0.796. The molecule has 98 valence electrons. The molecular formula is C14H21N3S. The van der Waals surface area contributed by atoms with Crippen LogP contribution in [0.25, 0.3) is 0 Å². The lowest BCUT2D eigenvalue weighted by Crippen LogP contribution is -2.33. The van der Waals surface area contributed by atoms with Crippen LogP contribution in [0.3, 0.4) is 0 Å². The minimum Gasteiger partial charge on any atom is -0.296 e. The van der Waals surface area contributed by atoms with Gasteiger partial charge in [0.1, 0.15) is 16.0 Å². The van der Waals surface area contributed by atoms with E-state index in [0.717, 1.165) is 40.9 Å². The lowest BCUT2D eigenvalue weighted by molar-refractivity contribution is 0.176. The van der Waals surface area contributed by atoms with E-state index in [1.54, 1.807) is 11.3 Å². The lowest BCUT2D eigenvalue weighted by Gasteiger charge is -2.29. The first-order valence-corrected chi connectivity index (χ1v) is 7.65. The number of hydrogen-bond acceptors (Lipinski definition) is 4. The van der Waals surface area contributed by atoms with Crippen LogP contribution in [0, 0.1) is 17.2 Å². The maximum absolute atomic E-state index is 9.11. The van der Waals surface area contributed by atoms with Gasteiger partial charge in [-0.1, -0.05) is 20.3 Å². The predicted molar refractivity (Wildman–Crippen MR) is 74.5 cm³/mol. The Morgan fingerprint density at radius 2 is 2.39 bits per heavy atom. The molecule has 2 heterocycles. The van der Waals surface area contributed by atoms with E-state index in [9.17, 15) is 0 Å². The van der Waals surface area contributed by atoms with Crippen molar-refractivity contribution in [3.8, 4) is 6.07 Å². The van der Waals surface area contributed by atoms with Gasteiger partial charge in [-0.3, -0.25) is 4.90 Å². The maximum atomic E-state index is 9.11. The first kappa shape index (κ1) is 13.5. The molecule has 2 rings (SSSR count). The van der Waals surface area contributed by atoms with E-state index in [2.05, 4.69) is 29.8 Å². The second kappa shape index (κ2) is 6.31. The van der Waals surface area contributed by atoms with Crippen LogP contribution in [-0.2, 0) is 13.0 Å². The van der Waals surface area contributed by atoms with Crippen molar-refractivity contribution in [1.29, 1.82) is 5.26 Å². The molecule has 1 atom stereocenters. The highest BCUT2D eigenvalue weighted by molar-refractivity contribution is 7.12. The molecule has 1 saturated heterocycles. The zero-order chi connectivity index (χ0) is 13.0. The maximum Gasteiger partial charge on any atom is 0.128 e. The Bertz CT molecular complexity index is 433. The summed E-state index contributed by atoms with van der Waals surface area (Å²) in [5.74, 6) is 0.796. The summed E-state index contributed by atoms with van der Waals surface area (Å²) in [7, 11) is 0. The summed E-state index contributed by atoms with van der Waals surface area (Å²) < 4.78 is 0. The molecule has 1 fully saturated rings. The normalized spacial score (nSPS) is 20.8. The van der Waals surface area contributed by atoms with Crippen molar-refractivity contribution in [2.75, 3.05) is 13.1 Å². The number of rotatable bonds is 4. The van der Waals surface area contributed by atoms with Crippen molar-refractivity contribution in [1.82, 2.24) is 9.88 Å². The number of nitrogens with zero attached hydrogens (tertiary/aromatic N) is 3. The zero-order valence-electron chi connectivity index (χ0n) is 11.3. The second-order valence-corrected chi connectivity index (χ2v) is 6.31. The number of likely N-dealkylation sites (tertiary alicyclic amines) is 1. The highest BCUT2D eigenvalue weighted by atomic mass is 32.1. The minimum atomic E-state index is 0.796. The molecule has 0 N–H and O–H groups in total. The summed E-state index contributed by atoms with van der Waals surface area (Å²) in [5, 5.41) is 10.2. The van der Waals surface area contributed by atoms with Crippen molar-refractivity contribution < 1.29 is 0 Å². The average molecular weight is 263 g/mol. The standard InChI is InChI=1S/C14H21N3S/c1-3-5-12-13(8-15)18-14(16-12)10-17-7-4-6-11(2)9-17/h11H,3-7,9-10H2,1-2H3. The molecule has 0 bridgehead atoms. The molecule has 0 spiro atoms. The van der Waals surface area contributed by atoms with E-state index >= 15 is 0 Å². The Labute approximate surface area is 113 Å². The molecular weight excluding hydrogens is 242 g/mol. The topological polar surface area (TPSA) is 39.9 Å². The molecule has 1 aromatic heterocycles. The molecule has 3 nitrogen and oxygen atoms in total. The van der Waals surface area contributed by atoms with Crippen LogP contribution >= 0.6 is 11.3 Å². The van der Waals surface area contributed by atoms with Gasteiger partial charge < -0.3 is 0 Å². The first-order valence-electron chi connectivity index (χ1n) is 6.84. The van der Waals surface area contributed by atoms with Gasteiger partial charge in [-0.25, -0.2) is 4.98 Å². The Kier molecular flexibility index (Phi) is 4.73.